The van der Waals surface area contributed by atoms with Crippen molar-refractivity contribution in [1.29, 1.82) is 0 Å². The van der Waals surface area contributed by atoms with E-state index in [2.05, 4.69) is 22.2 Å². The van der Waals surface area contributed by atoms with Gasteiger partial charge in [0.1, 0.15) is 24.1 Å². The molecule has 2 aliphatic heterocycles. The van der Waals surface area contributed by atoms with Gasteiger partial charge >= 0.3 is 0 Å². The number of nitro groups is 1. The van der Waals surface area contributed by atoms with Crippen LogP contribution >= 0.6 is 0 Å². The van der Waals surface area contributed by atoms with Gasteiger partial charge in [-0.2, -0.15) is 0 Å². The molecule has 4 amide bonds. The first-order valence-electron chi connectivity index (χ1n) is 13.2. The summed E-state index contributed by atoms with van der Waals surface area (Å²) in [6.45, 7) is 1.34. The Morgan fingerprint density at radius 2 is 1.88 bits per heavy atom. The highest BCUT2D eigenvalue weighted by molar-refractivity contribution is 6.23. The summed E-state index contributed by atoms with van der Waals surface area (Å²) in [5, 5.41) is 12.9. The van der Waals surface area contributed by atoms with Crippen molar-refractivity contribution in [3.63, 3.8) is 0 Å². The van der Waals surface area contributed by atoms with Gasteiger partial charge in [0.15, 0.2) is 0 Å². The van der Waals surface area contributed by atoms with Crippen molar-refractivity contribution in [2.75, 3.05) is 20.2 Å². The number of pyridine rings is 1. The molecule has 40 heavy (non-hydrogen) atoms. The van der Waals surface area contributed by atoms with E-state index >= 15 is 0 Å². The molecule has 2 aromatic rings. The topological polar surface area (TPSA) is 161 Å². The predicted molar refractivity (Wildman–Crippen MR) is 139 cm³/mol. The van der Waals surface area contributed by atoms with Crippen molar-refractivity contribution < 1.29 is 33.6 Å². The molecule has 1 aromatic heterocycles. The molecular formula is C27H29N5O8. The van der Waals surface area contributed by atoms with Crippen molar-refractivity contribution in [3.05, 3.63) is 57.8 Å². The second-order valence-corrected chi connectivity index (χ2v) is 10.2. The number of piperidine rings is 1. The normalized spacial score (nSPS) is 22.1. The van der Waals surface area contributed by atoms with Crippen LogP contribution in [0.5, 0.6) is 11.6 Å². The molecule has 0 bridgehead atoms. The highest BCUT2D eigenvalue weighted by Crippen LogP contribution is 2.33. The molecule has 2 fully saturated rings. The van der Waals surface area contributed by atoms with Gasteiger partial charge in [-0.25, -0.2) is 4.98 Å². The van der Waals surface area contributed by atoms with Gasteiger partial charge in [0.25, 0.3) is 17.5 Å². The van der Waals surface area contributed by atoms with E-state index in [1.54, 1.807) is 18.2 Å². The number of hydrogen-bond donors (Lipinski definition) is 1. The maximum Gasteiger partial charge on any atom is 0.287 e. The third-order valence-electron chi connectivity index (χ3n) is 7.49. The van der Waals surface area contributed by atoms with Crippen LogP contribution in [0.1, 0.15) is 59.2 Å². The maximum absolute atomic E-state index is 13.0. The SMILES string of the molecule is CN(CCCCOc1ccc([N+](=O)[O-])cn1)C1CC(Oc2ccc3c(c2)C(=O)N(C2CCC(=O)NC2=O)C3=O)C1. The van der Waals surface area contributed by atoms with Crippen molar-refractivity contribution >= 4 is 29.3 Å². The number of unbranched alkanes of at least 4 members (excludes halogenated alkanes) is 1. The third-order valence-corrected chi connectivity index (χ3v) is 7.49. The van der Waals surface area contributed by atoms with Gasteiger partial charge in [0.2, 0.25) is 17.7 Å². The summed E-state index contributed by atoms with van der Waals surface area (Å²) >= 11 is 0. The van der Waals surface area contributed by atoms with Crippen molar-refractivity contribution in [3.8, 4) is 11.6 Å². The lowest BCUT2D eigenvalue weighted by molar-refractivity contribution is -0.385. The van der Waals surface area contributed by atoms with Crippen molar-refractivity contribution in [2.24, 2.45) is 0 Å². The van der Waals surface area contributed by atoms with Crippen molar-refractivity contribution in [2.45, 2.75) is 56.7 Å². The van der Waals surface area contributed by atoms with E-state index in [1.165, 1.54) is 18.3 Å². The number of nitrogens with one attached hydrogen (secondary N) is 1. The minimum Gasteiger partial charge on any atom is -0.490 e. The number of fused-ring (bicyclic) bond motifs is 1. The number of ether oxygens (including phenoxy) is 2. The van der Waals surface area contributed by atoms with Crippen LogP contribution in [0.4, 0.5) is 5.69 Å². The summed E-state index contributed by atoms with van der Waals surface area (Å²) in [5.74, 6) is -1.29. The average Bonchev–Trinajstić information content (AvgIpc) is 3.15. The quantitative estimate of drug-likeness (QED) is 0.189. The second kappa shape index (κ2) is 11.4. The molecule has 1 atom stereocenters. The highest BCUT2D eigenvalue weighted by atomic mass is 16.6. The summed E-state index contributed by atoms with van der Waals surface area (Å²) in [5.41, 5.74) is 0.348. The molecule has 1 N–H and O–H groups in total. The van der Waals surface area contributed by atoms with Crippen LogP contribution < -0.4 is 14.8 Å². The zero-order valence-corrected chi connectivity index (χ0v) is 21.9. The molecule has 5 rings (SSSR count). The molecule has 3 heterocycles. The molecular weight excluding hydrogens is 522 g/mol. The van der Waals surface area contributed by atoms with Gasteiger partial charge in [-0.3, -0.25) is 39.5 Å². The minimum atomic E-state index is -0.997. The fraction of sp³-hybridized carbons (Fsp3) is 0.444. The number of benzene rings is 1. The van der Waals surface area contributed by atoms with E-state index in [0.717, 1.165) is 37.1 Å². The van der Waals surface area contributed by atoms with Crippen LogP contribution in [0.2, 0.25) is 0 Å². The van der Waals surface area contributed by atoms with Crippen LogP contribution in [0.25, 0.3) is 0 Å². The van der Waals surface area contributed by atoms with Crippen LogP contribution in [0.15, 0.2) is 36.5 Å². The summed E-state index contributed by atoms with van der Waals surface area (Å²) < 4.78 is 11.6. The number of carbonyl (C=O) groups excluding carboxylic acids is 4. The summed E-state index contributed by atoms with van der Waals surface area (Å²) in [6, 6.07) is 6.98. The third kappa shape index (κ3) is 5.64. The molecule has 1 aromatic carbocycles. The van der Waals surface area contributed by atoms with Gasteiger partial charge in [-0.05, 0) is 51.1 Å². The second-order valence-electron chi connectivity index (χ2n) is 10.2. The molecule has 0 radical (unpaired) electrons. The van der Waals surface area contributed by atoms with E-state index in [1.807, 2.05) is 0 Å². The number of rotatable bonds is 11. The zero-order valence-electron chi connectivity index (χ0n) is 21.9. The van der Waals surface area contributed by atoms with Crippen LogP contribution in [0.3, 0.4) is 0 Å². The summed E-state index contributed by atoms with van der Waals surface area (Å²) in [7, 11) is 2.06. The maximum atomic E-state index is 13.0. The molecule has 1 aliphatic carbocycles. The predicted octanol–water partition coefficient (Wildman–Crippen LogP) is 2.09. The molecule has 1 saturated heterocycles. The van der Waals surface area contributed by atoms with Crippen LogP contribution in [-0.2, 0) is 9.59 Å². The largest absolute Gasteiger partial charge is 0.490 e. The monoisotopic (exact) mass is 551 g/mol. The number of aromatic nitrogens is 1. The number of hydrogen-bond acceptors (Lipinski definition) is 10. The Morgan fingerprint density at radius 3 is 2.58 bits per heavy atom. The standard InChI is InChI=1S/C27H29N5O8/c1-30(10-2-3-11-39-24-9-4-16(15-28-24)32(37)38)17-12-19(13-17)40-18-5-6-20-21(14-18)27(36)31(26(20)35)22-7-8-23(33)29-25(22)34/h4-6,9,14-15,17,19,22H,2-3,7-8,10-13H2,1H3,(H,29,33,34). The van der Waals surface area contributed by atoms with E-state index in [-0.39, 0.29) is 35.8 Å². The first-order chi connectivity index (χ1) is 19.2. The molecule has 13 nitrogen and oxygen atoms in total. The lowest BCUT2D eigenvalue weighted by Crippen LogP contribution is -2.54. The van der Waals surface area contributed by atoms with Crippen LogP contribution in [-0.4, -0.2) is 81.7 Å². The highest BCUT2D eigenvalue weighted by Gasteiger charge is 2.45. The zero-order chi connectivity index (χ0) is 28.4. The molecule has 1 unspecified atom stereocenters. The smallest absolute Gasteiger partial charge is 0.287 e. The van der Waals surface area contributed by atoms with Gasteiger partial charge in [0, 0.05) is 37.4 Å². The Labute approximate surface area is 229 Å². The molecule has 3 aliphatic rings. The number of carbonyl (C=O) groups is 4. The molecule has 1 saturated carbocycles. The Morgan fingerprint density at radius 1 is 1.10 bits per heavy atom. The molecule has 13 heteroatoms. The minimum absolute atomic E-state index is 0.0134. The lowest BCUT2D eigenvalue weighted by Gasteiger charge is -2.41. The fourth-order valence-corrected chi connectivity index (χ4v) is 5.10. The lowest BCUT2D eigenvalue weighted by atomic mass is 9.88. The van der Waals surface area contributed by atoms with E-state index < -0.39 is 34.6 Å². The van der Waals surface area contributed by atoms with Gasteiger partial charge in [-0.1, -0.05) is 0 Å². The number of imide groups is 2. The fourth-order valence-electron chi connectivity index (χ4n) is 5.10. The Hall–Kier alpha value is -4.39. The van der Waals surface area contributed by atoms with Gasteiger partial charge in [-0.15, -0.1) is 0 Å². The first-order valence-corrected chi connectivity index (χ1v) is 13.2. The Kier molecular flexibility index (Phi) is 7.74. The van der Waals surface area contributed by atoms with Crippen molar-refractivity contribution in [1.82, 2.24) is 20.1 Å². The van der Waals surface area contributed by atoms with Crippen LogP contribution in [0, 0.1) is 10.1 Å². The van der Waals surface area contributed by atoms with Gasteiger partial charge < -0.3 is 14.4 Å². The van der Waals surface area contributed by atoms with E-state index in [9.17, 15) is 29.3 Å². The first kappa shape index (κ1) is 27.2. The summed E-state index contributed by atoms with van der Waals surface area (Å²) in [6.07, 6.45) is 4.72. The summed E-state index contributed by atoms with van der Waals surface area (Å²) in [4.78, 5) is 66.9. The van der Waals surface area contributed by atoms with Gasteiger partial charge in [0.05, 0.1) is 22.7 Å². The van der Waals surface area contributed by atoms with E-state index in [4.69, 9.17) is 9.47 Å². The van der Waals surface area contributed by atoms with E-state index in [0.29, 0.717) is 24.3 Å². The molecule has 210 valence electrons. The number of nitrogens with zero attached hydrogens (tertiary/aromatic N) is 4. The Balaban J connectivity index is 1.04. The Bertz CT molecular complexity index is 1340. The number of amides is 4. The average molecular weight is 552 g/mol. The molecule has 0 spiro atoms.